The number of ether oxygens (including phenoxy) is 4. The molecular weight excluding hydrogens is 448 g/mol. The van der Waals surface area contributed by atoms with E-state index in [1.165, 1.54) is 13.8 Å². The Morgan fingerprint density at radius 2 is 1.33 bits per heavy atom. The van der Waals surface area contributed by atoms with Gasteiger partial charge in [0.15, 0.2) is 0 Å². The van der Waals surface area contributed by atoms with Crippen molar-refractivity contribution in [2.24, 2.45) is 0 Å². The van der Waals surface area contributed by atoms with Gasteiger partial charge in [-0.3, -0.25) is 9.59 Å². The highest BCUT2D eigenvalue weighted by Gasteiger charge is 2.23. The van der Waals surface area contributed by atoms with E-state index in [2.05, 4.69) is 13.8 Å². The van der Waals surface area contributed by atoms with Gasteiger partial charge in [-0.1, -0.05) is 38.1 Å². The number of carbonyl (C=O) groups excluding carboxylic acids is 2. The monoisotopic (exact) mass is 478 g/mol. The first-order chi connectivity index (χ1) is 15.6. The molecule has 180 valence electrons. The Morgan fingerprint density at radius 3 is 1.76 bits per heavy atom. The number of carbonyl (C=O) groups is 2. The van der Waals surface area contributed by atoms with Crippen LogP contribution >= 0.6 is 11.6 Å². The number of benzene rings is 2. The van der Waals surface area contributed by atoms with E-state index >= 15 is 0 Å². The maximum atomic E-state index is 11.1. The van der Waals surface area contributed by atoms with Crippen LogP contribution in [0.4, 0.5) is 0 Å². The molecule has 0 amide bonds. The molecule has 0 aliphatic carbocycles. The molecule has 2 rings (SSSR count). The smallest absolute Gasteiger partial charge is 0.303 e. The van der Waals surface area contributed by atoms with Crippen LogP contribution in [0.25, 0.3) is 0 Å². The SMILES string of the molecule is CC(=O)OC[C@H](O)COc1ccc(C(C)(C)c2ccc(OC[C@@H](CCl)OC(C)=O)cc2)cc1. The number of rotatable bonds is 12. The summed E-state index contributed by atoms with van der Waals surface area (Å²) in [4.78, 5) is 21.9. The van der Waals surface area contributed by atoms with Gasteiger partial charge >= 0.3 is 11.9 Å². The van der Waals surface area contributed by atoms with Gasteiger partial charge in [-0.2, -0.15) is 0 Å². The number of aliphatic hydroxyl groups excluding tert-OH is 1. The lowest BCUT2D eigenvalue weighted by Crippen LogP contribution is -2.25. The van der Waals surface area contributed by atoms with E-state index < -0.39 is 24.1 Å². The minimum atomic E-state index is -0.889. The zero-order valence-electron chi connectivity index (χ0n) is 19.4. The topological polar surface area (TPSA) is 91.3 Å². The van der Waals surface area contributed by atoms with Crippen molar-refractivity contribution >= 4 is 23.5 Å². The predicted molar refractivity (Wildman–Crippen MR) is 125 cm³/mol. The van der Waals surface area contributed by atoms with Gasteiger partial charge in [0, 0.05) is 19.3 Å². The largest absolute Gasteiger partial charge is 0.491 e. The minimum absolute atomic E-state index is 0.0273. The number of hydrogen-bond donors (Lipinski definition) is 1. The van der Waals surface area contributed by atoms with E-state index in [1.807, 2.05) is 48.5 Å². The molecule has 0 saturated carbocycles. The minimum Gasteiger partial charge on any atom is -0.491 e. The molecule has 0 spiro atoms. The summed E-state index contributed by atoms with van der Waals surface area (Å²) in [5.41, 5.74) is 1.90. The molecule has 0 aliphatic rings. The van der Waals surface area contributed by atoms with Crippen LogP contribution in [0.3, 0.4) is 0 Å². The molecule has 2 aromatic carbocycles. The lowest BCUT2D eigenvalue weighted by atomic mass is 9.78. The molecule has 0 saturated heterocycles. The Kier molecular flexibility index (Phi) is 10.0. The van der Waals surface area contributed by atoms with Gasteiger partial charge < -0.3 is 24.1 Å². The van der Waals surface area contributed by atoms with Crippen molar-refractivity contribution in [3.05, 3.63) is 59.7 Å². The van der Waals surface area contributed by atoms with E-state index in [0.717, 1.165) is 11.1 Å². The van der Waals surface area contributed by atoms with Gasteiger partial charge in [-0.15, -0.1) is 11.6 Å². The number of halogens is 1. The van der Waals surface area contributed by atoms with Gasteiger partial charge in [0.1, 0.15) is 43.5 Å². The second-order valence-corrected chi connectivity index (χ2v) is 8.45. The molecule has 7 nitrogen and oxygen atoms in total. The van der Waals surface area contributed by atoms with Crippen molar-refractivity contribution in [1.29, 1.82) is 0 Å². The average Bonchev–Trinajstić information content (AvgIpc) is 2.79. The summed E-state index contributed by atoms with van der Waals surface area (Å²) in [7, 11) is 0. The molecule has 2 atom stereocenters. The molecule has 0 aliphatic heterocycles. The van der Waals surface area contributed by atoms with Crippen LogP contribution in [-0.4, -0.2) is 55.0 Å². The van der Waals surface area contributed by atoms with Crippen molar-refractivity contribution in [2.45, 2.75) is 45.3 Å². The van der Waals surface area contributed by atoms with E-state index in [4.69, 9.17) is 30.5 Å². The molecule has 0 bridgehead atoms. The summed E-state index contributed by atoms with van der Waals surface area (Å²) in [5, 5.41) is 9.79. The highest BCUT2D eigenvalue weighted by Crippen LogP contribution is 2.33. The average molecular weight is 479 g/mol. The van der Waals surface area contributed by atoms with Crippen LogP contribution in [0, 0.1) is 0 Å². The lowest BCUT2D eigenvalue weighted by Gasteiger charge is -2.26. The van der Waals surface area contributed by atoms with Gasteiger partial charge in [-0.05, 0) is 35.4 Å². The second-order valence-electron chi connectivity index (χ2n) is 8.14. The number of hydrogen-bond acceptors (Lipinski definition) is 7. The van der Waals surface area contributed by atoms with Crippen molar-refractivity contribution in [3.8, 4) is 11.5 Å². The highest BCUT2D eigenvalue weighted by molar-refractivity contribution is 6.18. The third-order valence-electron chi connectivity index (χ3n) is 5.01. The van der Waals surface area contributed by atoms with E-state index in [9.17, 15) is 14.7 Å². The number of esters is 2. The lowest BCUT2D eigenvalue weighted by molar-refractivity contribution is -0.146. The molecule has 0 heterocycles. The van der Waals surface area contributed by atoms with Crippen LogP contribution in [-0.2, 0) is 24.5 Å². The summed E-state index contributed by atoms with van der Waals surface area (Å²) in [6.45, 7) is 6.97. The van der Waals surface area contributed by atoms with Gasteiger partial charge in [0.2, 0.25) is 0 Å². The van der Waals surface area contributed by atoms with Crippen LogP contribution < -0.4 is 9.47 Å². The first-order valence-corrected chi connectivity index (χ1v) is 11.2. The maximum absolute atomic E-state index is 11.1. The Balaban J connectivity index is 1.95. The molecule has 0 fully saturated rings. The fourth-order valence-corrected chi connectivity index (χ4v) is 3.24. The Labute approximate surface area is 199 Å². The summed E-state index contributed by atoms with van der Waals surface area (Å²) in [6, 6.07) is 15.4. The van der Waals surface area contributed by atoms with Crippen LogP contribution in [0.1, 0.15) is 38.8 Å². The maximum Gasteiger partial charge on any atom is 0.303 e. The molecule has 0 aromatic heterocycles. The highest BCUT2D eigenvalue weighted by atomic mass is 35.5. The van der Waals surface area contributed by atoms with E-state index in [-0.39, 0.29) is 31.1 Å². The zero-order chi connectivity index (χ0) is 24.4. The first-order valence-electron chi connectivity index (χ1n) is 10.6. The zero-order valence-corrected chi connectivity index (χ0v) is 20.1. The van der Waals surface area contributed by atoms with Crippen LogP contribution in [0.2, 0.25) is 0 Å². The standard InChI is InChI=1S/C25H31ClO7/c1-17(27)30-14-21(29)15-31-22-9-5-19(6-10-22)25(3,4)20-7-11-23(12-8-20)32-16-24(13-26)33-18(2)28/h5-12,21,24,29H,13-16H2,1-4H3/t21-,24+/m0/s1. The van der Waals surface area contributed by atoms with Gasteiger partial charge in [0.25, 0.3) is 0 Å². The van der Waals surface area contributed by atoms with Crippen molar-refractivity contribution < 1.29 is 33.6 Å². The summed E-state index contributed by atoms with van der Waals surface area (Å²) < 4.78 is 21.1. The van der Waals surface area contributed by atoms with Crippen molar-refractivity contribution in [2.75, 3.05) is 25.7 Å². The molecule has 0 unspecified atom stereocenters. The molecule has 33 heavy (non-hydrogen) atoms. The van der Waals surface area contributed by atoms with Gasteiger partial charge in [0.05, 0.1) is 5.88 Å². The van der Waals surface area contributed by atoms with Crippen molar-refractivity contribution in [1.82, 2.24) is 0 Å². The molecule has 1 N–H and O–H groups in total. The fraction of sp³-hybridized carbons (Fsp3) is 0.440. The molecular formula is C25H31ClO7. The third kappa shape index (κ3) is 8.59. The van der Waals surface area contributed by atoms with Crippen LogP contribution in [0.5, 0.6) is 11.5 Å². The molecule has 2 aromatic rings. The number of aliphatic hydroxyl groups is 1. The Bertz CT molecular complexity index is 894. The van der Waals surface area contributed by atoms with Crippen molar-refractivity contribution in [3.63, 3.8) is 0 Å². The fourth-order valence-electron chi connectivity index (χ4n) is 3.09. The number of alkyl halides is 1. The van der Waals surface area contributed by atoms with E-state index in [0.29, 0.717) is 11.5 Å². The Morgan fingerprint density at radius 1 is 0.848 bits per heavy atom. The quantitative estimate of drug-likeness (QED) is 0.366. The van der Waals surface area contributed by atoms with Gasteiger partial charge in [-0.25, -0.2) is 0 Å². The molecule has 0 radical (unpaired) electrons. The predicted octanol–water partition coefficient (Wildman–Crippen LogP) is 3.86. The normalized spacial score (nSPS) is 13.0. The first kappa shape index (κ1) is 26.5. The molecule has 8 heteroatoms. The third-order valence-corrected chi connectivity index (χ3v) is 5.36. The van der Waals surface area contributed by atoms with E-state index in [1.54, 1.807) is 0 Å². The summed E-state index contributed by atoms with van der Waals surface area (Å²) in [6.07, 6.45) is -1.39. The summed E-state index contributed by atoms with van der Waals surface area (Å²) in [5.74, 6) is 0.600. The van der Waals surface area contributed by atoms with Crippen LogP contribution in [0.15, 0.2) is 48.5 Å². The Hall–Kier alpha value is -2.77. The second kappa shape index (κ2) is 12.5. The summed E-state index contributed by atoms with van der Waals surface area (Å²) >= 11 is 5.81.